The van der Waals surface area contributed by atoms with Crippen LogP contribution in [0.3, 0.4) is 0 Å². The van der Waals surface area contributed by atoms with E-state index in [1.54, 1.807) is 35.2 Å². The maximum Gasteiger partial charge on any atom is 0.490 e. The van der Waals surface area contributed by atoms with E-state index in [1.807, 2.05) is 20.8 Å². The van der Waals surface area contributed by atoms with Crippen molar-refractivity contribution in [1.82, 2.24) is 20.6 Å². The number of rotatable bonds is 9. The van der Waals surface area contributed by atoms with Crippen LogP contribution >= 0.6 is 0 Å². The van der Waals surface area contributed by atoms with E-state index >= 15 is 4.39 Å². The summed E-state index contributed by atoms with van der Waals surface area (Å²) in [6.45, 7) is 6.06. The molecule has 3 aromatic rings. The number of carboxylic acid groups (broad SMARTS) is 1. The number of nitrogens with zero attached hydrogens (tertiary/aromatic N) is 4. The summed E-state index contributed by atoms with van der Waals surface area (Å²) in [6.07, 6.45) is -5.30. The second-order valence-electron chi connectivity index (χ2n) is 7.53. The number of ether oxygens (including phenoxy) is 2. The molecule has 0 saturated carbocycles. The summed E-state index contributed by atoms with van der Waals surface area (Å²) >= 11 is 0. The first-order valence-electron chi connectivity index (χ1n) is 10.7. The number of alkyl halides is 3. The number of amidine groups is 1. The molecule has 11 nitrogen and oxygen atoms in total. The second kappa shape index (κ2) is 12.5. The summed E-state index contributed by atoms with van der Waals surface area (Å²) in [6, 6.07) is 10.0. The summed E-state index contributed by atoms with van der Waals surface area (Å²) in [4.78, 5) is 10.6. The molecule has 37 heavy (non-hydrogen) atoms. The first-order valence-corrected chi connectivity index (χ1v) is 10.7. The molecule has 200 valence electrons. The average Bonchev–Trinajstić information content (AvgIpc) is 3.33. The van der Waals surface area contributed by atoms with Crippen molar-refractivity contribution in [2.75, 3.05) is 11.5 Å². The number of hydrogen-bond donors (Lipinski definition) is 4. The molecule has 2 aromatic carbocycles. The molecule has 0 fully saturated rings. The van der Waals surface area contributed by atoms with Crippen LogP contribution in [0.15, 0.2) is 36.4 Å². The number of tetrazole rings is 1. The third-order valence-electron chi connectivity index (χ3n) is 4.38. The number of hydrogen-bond acceptors (Lipinski definition) is 8. The maximum atomic E-state index is 15.5. The zero-order valence-electron chi connectivity index (χ0n) is 20.0. The lowest BCUT2D eigenvalue weighted by Crippen LogP contribution is -2.21. The molecule has 0 aliphatic heterocycles. The zero-order valence-corrected chi connectivity index (χ0v) is 20.0. The molecule has 0 radical (unpaired) electrons. The summed E-state index contributed by atoms with van der Waals surface area (Å²) in [5.74, 6) is -2.41. The highest BCUT2D eigenvalue weighted by molar-refractivity contribution is 5.95. The van der Waals surface area contributed by atoms with Crippen molar-refractivity contribution in [2.45, 2.75) is 39.6 Å². The van der Waals surface area contributed by atoms with Gasteiger partial charge in [-0.1, -0.05) is 5.21 Å². The Bertz CT molecular complexity index is 1190. The van der Waals surface area contributed by atoms with Gasteiger partial charge in [0.05, 0.1) is 24.9 Å². The number of halogens is 4. The molecule has 5 N–H and O–H groups in total. The quantitative estimate of drug-likeness (QED) is 0.184. The average molecular weight is 527 g/mol. The SMILES string of the molecule is CCOc1cc(OC(C)C)c(F)c(N(Cc2nn[nH]n2)c2ccc(C(=N)N)cc2)c1.O=C(O)C(F)(F)F. The van der Waals surface area contributed by atoms with E-state index in [2.05, 4.69) is 20.6 Å². The monoisotopic (exact) mass is 527 g/mol. The van der Waals surface area contributed by atoms with Gasteiger partial charge in [-0.25, -0.2) is 9.18 Å². The Morgan fingerprint density at radius 2 is 1.86 bits per heavy atom. The maximum absolute atomic E-state index is 15.5. The molecule has 15 heteroatoms. The minimum atomic E-state index is -5.08. The van der Waals surface area contributed by atoms with Crippen LogP contribution in [0.4, 0.5) is 28.9 Å². The summed E-state index contributed by atoms with van der Waals surface area (Å²) in [7, 11) is 0. The number of aromatic nitrogens is 4. The number of nitrogens with two attached hydrogens (primary N) is 1. The Balaban J connectivity index is 0.000000604. The van der Waals surface area contributed by atoms with Gasteiger partial charge in [-0.2, -0.15) is 18.4 Å². The molecule has 0 saturated heterocycles. The van der Waals surface area contributed by atoms with E-state index in [-0.39, 0.29) is 29.9 Å². The van der Waals surface area contributed by atoms with E-state index in [0.29, 0.717) is 29.4 Å². The summed E-state index contributed by atoms with van der Waals surface area (Å²) in [5.41, 5.74) is 6.99. The Labute approximate surface area is 208 Å². The number of nitrogen functional groups attached to an aromatic ring is 1. The van der Waals surface area contributed by atoms with E-state index < -0.39 is 18.0 Å². The number of carbonyl (C=O) groups is 1. The van der Waals surface area contributed by atoms with Crippen LogP contribution in [0.5, 0.6) is 11.5 Å². The third-order valence-corrected chi connectivity index (χ3v) is 4.38. The van der Waals surface area contributed by atoms with E-state index in [0.717, 1.165) is 0 Å². The van der Waals surface area contributed by atoms with Crippen LogP contribution in [-0.2, 0) is 11.3 Å². The van der Waals surface area contributed by atoms with Crippen molar-refractivity contribution in [3.8, 4) is 11.5 Å². The lowest BCUT2D eigenvalue weighted by molar-refractivity contribution is -0.192. The highest BCUT2D eigenvalue weighted by Gasteiger charge is 2.38. The third kappa shape index (κ3) is 8.33. The summed E-state index contributed by atoms with van der Waals surface area (Å²) in [5, 5.41) is 28.6. The lowest BCUT2D eigenvalue weighted by atomic mass is 10.1. The highest BCUT2D eigenvalue weighted by Crippen LogP contribution is 2.38. The van der Waals surface area contributed by atoms with Gasteiger partial charge in [-0.15, -0.1) is 10.2 Å². The molecule has 0 spiro atoms. The van der Waals surface area contributed by atoms with Crippen LogP contribution in [-0.4, -0.2) is 56.4 Å². The molecule has 0 amide bonds. The van der Waals surface area contributed by atoms with Crippen molar-refractivity contribution in [2.24, 2.45) is 5.73 Å². The van der Waals surface area contributed by atoms with Gasteiger partial charge in [-0.05, 0) is 45.0 Å². The van der Waals surface area contributed by atoms with E-state index in [9.17, 15) is 13.2 Å². The van der Waals surface area contributed by atoms with Gasteiger partial charge in [0.15, 0.2) is 17.4 Å². The Morgan fingerprint density at radius 1 is 1.24 bits per heavy atom. The largest absolute Gasteiger partial charge is 0.494 e. The Hall–Kier alpha value is -4.43. The van der Waals surface area contributed by atoms with E-state index in [4.69, 9.17) is 30.5 Å². The lowest BCUT2D eigenvalue weighted by Gasteiger charge is -2.26. The molecule has 0 aliphatic carbocycles. The number of anilines is 2. The normalized spacial score (nSPS) is 10.9. The van der Waals surface area contributed by atoms with Crippen LogP contribution in [0.25, 0.3) is 0 Å². The minimum absolute atomic E-state index is 0.0524. The Kier molecular flexibility index (Phi) is 9.74. The molecule has 0 aliphatic rings. The van der Waals surface area contributed by atoms with Crippen molar-refractivity contribution < 1.29 is 36.9 Å². The smallest absolute Gasteiger partial charge is 0.490 e. The van der Waals surface area contributed by atoms with Crippen molar-refractivity contribution in [3.05, 3.63) is 53.6 Å². The van der Waals surface area contributed by atoms with Gasteiger partial charge in [0.25, 0.3) is 0 Å². The number of aromatic amines is 1. The molecule has 0 atom stereocenters. The number of H-pyrrole nitrogens is 1. The van der Waals surface area contributed by atoms with Crippen molar-refractivity contribution >= 4 is 23.2 Å². The van der Waals surface area contributed by atoms with Gasteiger partial charge in [0.1, 0.15) is 11.6 Å². The van der Waals surface area contributed by atoms with Gasteiger partial charge < -0.3 is 25.2 Å². The molecule has 1 aromatic heterocycles. The molecule has 1 heterocycles. The first kappa shape index (κ1) is 28.8. The topological polar surface area (TPSA) is 163 Å². The molecular formula is C22H25F4N7O4. The number of nitrogens with one attached hydrogen (secondary N) is 2. The molecule has 0 unspecified atom stereocenters. The van der Waals surface area contributed by atoms with Gasteiger partial charge in [0.2, 0.25) is 0 Å². The summed E-state index contributed by atoms with van der Waals surface area (Å²) < 4.78 is 58.5. The molecule has 0 bridgehead atoms. The van der Waals surface area contributed by atoms with Crippen LogP contribution in [0.2, 0.25) is 0 Å². The van der Waals surface area contributed by atoms with Gasteiger partial charge >= 0.3 is 12.1 Å². The predicted molar refractivity (Wildman–Crippen MR) is 125 cm³/mol. The molecular weight excluding hydrogens is 502 g/mol. The minimum Gasteiger partial charge on any atom is -0.494 e. The van der Waals surface area contributed by atoms with Gasteiger partial charge in [-0.3, -0.25) is 5.41 Å². The Morgan fingerprint density at radius 3 is 2.32 bits per heavy atom. The van der Waals surface area contributed by atoms with Crippen molar-refractivity contribution in [1.29, 1.82) is 5.41 Å². The number of carboxylic acids is 1. The highest BCUT2D eigenvalue weighted by atomic mass is 19.4. The number of aliphatic carboxylic acids is 1. The van der Waals surface area contributed by atoms with Crippen LogP contribution in [0, 0.1) is 11.2 Å². The fourth-order valence-corrected chi connectivity index (χ4v) is 2.87. The van der Waals surface area contributed by atoms with Gasteiger partial charge in [0, 0.05) is 23.4 Å². The van der Waals surface area contributed by atoms with E-state index in [1.165, 1.54) is 6.07 Å². The fraction of sp³-hybridized carbons (Fsp3) is 0.318. The number of benzene rings is 2. The first-order chi connectivity index (χ1) is 17.3. The fourth-order valence-electron chi connectivity index (χ4n) is 2.87. The van der Waals surface area contributed by atoms with Crippen molar-refractivity contribution in [3.63, 3.8) is 0 Å². The van der Waals surface area contributed by atoms with Crippen LogP contribution in [0.1, 0.15) is 32.2 Å². The second-order valence-corrected chi connectivity index (χ2v) is 7.53. The predicted octanol–water partition coefficient (Wildman–Crippen LogP) is 3.78. The van der Waals surface area contributed by atoms with Crippen LogP contribution < -0.4 is 20.1 Å². The standard InChI is InChI=1S/C20H24FN7O2.C2HF3O2/c1-4-29-15-9-16(19(21)17(10-15)30-12(2)3)28(11-18-24-26-27-25-18)14-7-5-13(6-8-14)20(22)23;3-2(4,5)1(6)7/h5-10,12H,4,11H2,1-3H3,(H3,22,23)(H,24,25,26,27);(H,6,7). The zero-order chi connectivity index (χ0) is 27.8. The molecule has 3 rings (SSSR count).